The summed E-state index contributed by atoms with van der Waals surface area (Å²) in [6.45, 7) is 2.63. The molecule has 1 aliphatic carbocycles. The van der Waals surface area contributed by atoms with Crippen molar-refractivity contribution in [1.82, 2.24) is 4.31 Å². The Balaban J connectivity index is 2.61. The molecule has 0 saturated heterocycles. The molecule has 1 aliphatic rings. The zero-order valence-corrected chi connectivity index (χ0v) is 9.44. The summed E-state index contributed by atoms with van der Waals surface area (Å²) in [5, 5.41) is 0. The Morgan fingerprint density at radius 2 is 2.08 bits per heavy atom. The van der Waals surface area contributed by atoms with E-state index < -0.39 is 10.0 Å². The van der Waals surface area contributed by atoms with Crippen LogP contribution in [0.4, 0.5) is 0 Å². The fourth-order valence-corrected chi connectivity index (χ4v) is 3.49. The molecule has 13 heavy (non-hydrogen) atoms. The molecule has 0 spiro atoms. The van der Waals surface area contributed by atoms with Gasteiger partial charge in [-0.3, -0.25) is 0 Å². The minimum absolute atomic E-state index is 0.0745. The van der Waals surface area contributed by atoms with Crippen LogP contribution in [0.15, 0.2) is 0 Å². The third kappa shape index (κ3) is 3.11. The Hall–Kier alpha value is 0.200. The molecule has 78 valence electrons. The van der Waals surface area contributed by atoms with Crippen LogP contribution in [0, 0.1) is 0 Å². The summed E-state index contributed by atoms with van der Waals surface area (Å²) in [6.07, 6.45) is 2.90. The highest BCUT2D eigenvalue weighted by Crippen LogP contribution is 2.29. The molecule has 0 aromatic carbocycles. The fourth-order valence-electron chi connectivity index (χ4n) is 1.35. The van der Waals surface area contributed by atoms with E-state index in [0.29, 0.717) is 6.54 Å². The second-order valence-electron chi connectivity index (χ2n) is 3.35. The van der Waals surface area contributed by atoms with E-state index in [2.05, 4.69) is 0 Å². The van der Waals surface area contributed by atoms with Gasteiger partial charge in [-0.15, -0.1) is 11.6 Å². The van der Waals surface area contributed by atoms with Crippen molar-refractivity contribution in [2.75, 3.05) is 18.2 Å². The summed E-state index contributed by atoms with van der Waals surface area (Å²) >= 11 is 5.45. The van der Waals surface area contributed by atoms with E-state index in [0.717, 1.165) is 19.3 Å². The zero-order valence-electron chi connectivity index (χ0n) is 7.87. The van der Waals surface area contributed by atoms with Crippen molar-refractivity contribution >= 4 is 21.6 Å². The lowest BCUT2D eigenvalue weighted by Gasteiger charge is -2.20. The Labute approximate surface area is 85.1 Å². The highest BCUT2D eigenvalue weighted by Gasteiger charge is 2.35. The zero-order chi connectivity index (χ0) is 9.90. The van der Waals surface area contributed by atoms with Crippen molar-refractivity contribution in [3.05, 3.63) is 0 Å². The first-order valence-electron chi connectivity index (χ1n) is 4.67. The van der Waals surface area contributed by atoms with Gasteiger partial charge in [0.15, 0.2) is 0 Å². The van der Waals surface area contributed by atoms with Gasteiger partial charge in [0.1, 0.15) is 0 Å². The molecule has 0 atom stereocenters. The predicted octanol–water partition coefficient (Wildman–Crippen LogP) is 1.43. The molecular weight excluding hydrogens is 210 g/mol. The summed E-state index contributed by atoms with van der Waals surface area (Å²) < 4.78 is 24.9. The standard InChI is InChI=1S/C8H16ClNO2S/c1-2-6-10(8-3-4-8)13(11,12)7-5-9/h8H,2-7H2,1H3. The second-order valence-corrected chi connectivity index (χ2v) is 5.77. The minimum atomic E-state index is -3.07. The molecule has 0 aromatic heterocycles. The second kappa shape index (κ2) is 4.62. The molecule has 0 unspecified atom stereocenters. The van der Waals surface area contributed by atoms with Crippen LogP contribution in [0.3, 0.4) is 0 Å². The average molecular weight is 226 g/mol. The van der Waals surface area contributed by atoms with Gasteiger partial charge in [0.05, 0.1) is 5.75 Å². The Morgan fingerprint density at radius 3 is 2.46 bits per heavy atom. The molecule has 0 N–H and O–H groups in total. The highest BCUT2D eigenvalue weighted by molar-refractivity contribution is 7.89. The van der Waals surface area contributed by atoms with Crippen LogP contribution >= 0.6 is 11.6 Å². The third-order valence-corrected chi connectivity index (χ3v) is 4.42. The molecule has 0 aromatic rings. The number of nitrogens with zero attached hydrogens (tertiary/aromatic N) is 1. The summed E-state index contributed by atoms with van der Waals surface area (Å²) in [7, 11) is -3.07. The molecule has 1 fully saturated rings. The summed E-state index contributed by atoms with van der Waals surface area (Å²) in [5.41, 5.74) is 0. The molecule has 0 aliphatic heterocycles. The average Bonchev–Trinajstić information content (AvgIpc) is 2.82. The maximum absolute atomic E-state index is 11.6. The van der Waals surface area contributed by atoms with Crippen LogP contribution in [0.1, 0.15) is 26.2 Å². The number of rotatable bonds is 6. The molecule has 1 saturated carbocycles. The van der Waals surface area contributed by atoms with E-state index >= 15 is 0 Å². The van der Waals surface area contributed by atoms with Gasteiger partial charge in [0, 0.05) is 18.5 Å². The minimum Gasteiger partial charge on any atom is -0.212 e. The Bertz CT molecular complexity index is 249. The van der Waals surface area contributed by atoms with Gasteiger partial charge in [0.25, 0.3) is 0 Å². The first-order chi connectivity index (χ1) is 6.11. The Morgan fingerprint density at radius 1 is 1.46 bits per heavy atom. The van der Waals surface area contributed by atoms with Crippen LogP contribution in [-0.2, 0) is 10.0 Å². The predicted molar refractivity (Wildman–Crippen MR) is 54.5 cm³/mol. The first-order valence-corrected chi connectivity index (χ1v) is 6.81. The fraction of sp³-hybridized carbons (Fsp3) is 1.00. The number of alkyl halides is 1. The van der Waals surface area contributed by atoms with Crippen LogP contribution in [0.5, 0.6) is 0 Å². The summed E-state index contributed by atoms with van der Waals surface area (Å²) in [4.78, 5) is 0. The van der Waals surface area contributed by atoms with Crippen LogP contribution in [-0.4, -0.2) is 36.9 Å². The van der Waals surface area contributed by atoms with Crippen molar-refractivity contribution in [3.63, 3.8) is 0 Å². The number of sulfonamides is 1. The molecule has 0 heterocycles. The Kier molecular flexibility index (Phi) is 4.01. The van der Waals surface area contributed by atoms with E-state index in [1.165, 1.54) is 0 Å². The smallest absolute Gasteiger partial charge is 0.212 e. The van der Waals surface area contributed by atoms with Crippen molar-refractivity contribution in [1.29, 1.82) is 0 Å². The van der Waals surface area contributed by atoms with E-state index in [4.69, 9.17) is 11.6 Å². The van der Waals surface area contributed by atoms with Gasteiger partial charge in [-0.1, -0.05) is 6.92 Å². The van der Waals surface area contributed by atoms with E-state index in [1.807, 2.05) is 6.92 Å². The van der Waals surface area contributed by atoms with Crippen molar-refractivity contribution < 1.29 is 8.42 Å². The maximum atomic E-state index is 11.6. The van der Waals surface area contributed by atoms with Crippen molar-refractivity contribution in [2.24, 2.45) is 0 Å². The normalized spacial score (nSPS) is 18.1. The summed E-state index contributed by atoms with van der Waals surface area (Å²) in [6, 6.07) is 0.271. The highest BCUT2D eigenvalue weighted by atomic mass is 35.5. The number of hydrogen-bond donors (Lipinski definition) is 0. The quantitative estimate of drug-likeness (QED) is 0.642. The van der Waals surface area contributed by atoms with Gasteiger partial charge in [-0.25, -0.2) is 8.42 Å². The van der Waals surface area contributed by atoms with Crippen molar-refractivity contribution in [2.45, 2.75) is 32.2 Å². The van der Waals surface area contributed by atoms with E-state index in [1.54, 1.807) is 4.31 Å². The van der Waals surface area contributed by atoms with Gasteiger partial charge < -0.3 is 0 Å². The van der Waals surface area contributed by atoms with E-state index in [-0.39, 0.29) is 17.7 Å². The molecular formula is C8H16ClNO2S. The van der Waals surface area contributed by atoms with Gasteiger partial charge >= 0.3 is 0 Å². The third-order valence-electron chi connectivity index (χ3n) is 2.09. The maximum Gasteiger partial charge on any atom is 0.215 e. The molecule has 0 amide bonds. The lowest BCUT2D eigenvalue weighted by molar-refractivity contribution is 0.404. The summed E-state index contributed by atoms with van der Waals surface area (Å²) in [5.74, 6) is 0.264. The molecule has 1 rings (SSSR count). The molecule has 0 bridgehead atoms. The van der Waals surface area contributed by atoms with Crippen LogP contribution < -0.4 is 0 Å². The van der Waals surface area contributed by atoms with E-state index in [9.17, 15) is 8.42 Å². The largest absolute Gasteiger partial charge is 0.215 e. The van der Waals surface area contributed by atoms with Gasteiger partial charge in [-0.2, -0.15) is 4.31 Å². The van der Waals surface area contributed by atoms with Gasteiger partial charge in [0.2, 0.25) is 10.0 Å². The monoisotopic (exact) mass is 225 g/mol. The lowest BCUT2D eigenvalue weighted by Crippen LogP contribution is -2.36. The topological polar surface area (TPSA) is 37.4 Å². The van der Waals surface area contributed by atoms with Crippen LogP contribution in [0.25, 0.3) is 0 Å². The van der Waals surface area contributed by atoms with Crippen LogP contribution in [0.2, 0.25) is 0 Å². The number of hydrogen-bond acceptors (Lipinski definition) is 2. The van der Waals surface area contributed by atoms with Gasteiger partial charge in [-0.05, 0) is 19.3 Å². The number of halogens is 1. The SMILES string of the molecule is CCCN(C1CC1)S(=O)(=O)CCCl. The van der Waals surface area contributed by atoms with Crippen molar-refractivity contribution in [3.8, 4) is 0 Å². The molecule has 3 nitrogen and oxygen atoms in total. The first kappa shape index (κ1) is 11.3. The molecule has 5 heteroatoms. The lowest BCUT2D eigenvalue weighted by atomic mass is 10.5. The molecule has 0 radical (unpaired) electrons.